The molecule has 0 fully saturated rings. The largest absolute Gasteiger partial charge is 0.467 e. The topological polar surface area (TPSA) is 83.4 Å². The normalized spacial score (nSPS) is 12.3. The maximum atomic E-state index is 12.1. The molecule has 0 aliphatic rings. The van der Waals surface area contributed by atoms with Gasteiger partial charge in [-0.15, -0.1) is 0 Å². The number of rotatable bonds is 7. The minimum Gasteiger partial charge on any atom is -0.467 e. The standard InChI is InChI=1S/C19H25N3O3/c1-14(19(2,3)15-8-5-4-6-9-15)22-17(23)13-21-18(24)20-12-16-10-7-11-25-16/h4-11,14H,12-13H2,1-3H3,(H,22,23)(H2,20,21,24)/t14-/m0/s1. The van der Waals surface area contributed by atoms with Crippen molar-refractivity contribution >= 4 is 11.9 Å². The van der Waals surface area contributed by atoms with Crippen LogP contribution < -0.4 is 16.0 Å². The lowest BCUT2D eigenvalue weighted by molar-refractivity contribution is -0.121. The summed E-state index contributed by atoms with van der Waals surface area (Å²) >= 11 is 0. The Morgan fingerprint density at radius 2 is 1.80 bits per heavy atom. The fourth-order valence-electron chi connectivity index (χ4n) is 2.39. The Hall–Kier alpha value is -2.76. The number of carbonyl (C=O) groups is 2. The van der Waals surface area contributed by atoms with Crippen LogP contribution in [0.25, 0.3) is 0 Å². The molecule has 2 rings (SSSR count). The number of furan rings is 1. The van der Waals surface area contributed by atoms with Crippen LogP contribution in [0.4, 0.5) is 4.79 Å². The highest BCUT2D eigenvalue weighted by molar-refractivity contribution is 5.84. The van der Waals surface area contributed by atoms with E-state index in [1.165, 1.54) is 6.26 Å². The van der Waals surface area contributed by atoms with E-state index in [9.17, 15) is 9.59 Å². The van der Waals surface area contributed by atoms with Crippen molar-refractivity contribution in [2.75, 3.05) is 6.54 Å². The van der Waals surface area contributed by atoms with Crippen LogP contribution in [-0.4, -0.2) is 24.5 Å². The highest BCUT2D eigenvalue weighted by atomic mass is 16.3. The summed E-state index contributed by atoms with van der Waals surface area (Å²) in [6.07, 6.45) is 1.54. The Balaban J connectivity index is 1.76. The number of nitrogens with one attached hydrogen (secondary N) is 3. The Morgan fingerprint density at radius 3 is 2.44 bits per heavy atom. The summed E-state index contributed by atoms with van der Waals surface area (Å²) in [6, 6.07) is 13.0. The van der Waals surface area contributed by atoms with Crippen molar-refractivity contribution < 1.29 is 14.0 Å². The maximum absolute atomic E-state index is 12.1. The molecule has 134 valence electrons. The SMILES string of the molecule is C[C@H](NC(=O)CNC(=O)NCc1ccco1)C(C)(C)c1ccccc1. The zero-order chi connectivity index (χ0) is 18.3. The summed E-state index contributed by atoms with van der Waals surface area (Å²) in [7, 11) is 0. The molecule has 3 N–H and O–H groups in total. The van der Waals surface area contributed by atoms with Gasteiger partial charge in [-0.3, -0.25) is 4.79 Å². The van der Waals surface area contributed by atoms with Crippen LogP contribution in [0.3, 0.4) is 0 Å². The molecular weight excluding hydrogens is 318 g/mol. The van der Waals surface area contributed by atoms with Crippen LogP contribution in [0.1, 0.15) is 32.1 Å². The van der Waals surface area contributed by atoms with Crippen molar-refractivity contribution in [2.45, 2.75) is 38.8 Å². The van der Waals surface area contributed by atoms with Crippen molar-refractivity contribution in [1.29, 1.82) is 0 Å². The van der Waals surface area contributed by atoms with Gasteiger partial charge in [0.1, 0.15) is 5.76 Å². The number of amides is 3. The molecule has 6 nitrogen and oxygen atoms in total. The van der Waals surface area contributed by atoms with Crippen LogP contribution in [0, 0.1) is 0 Å². The Bertz CT molecular complexity index is 681. The predicted molar refractivity (Wildman–Crippen MR) is 96.0 cm³/mol. The van der Waals surface area contributed by atoms with E-state index >= 15 is 0 Å². The maximum Gasteiger partial charge on any atom is 0.315 e. The van der Waals surface area contributed by atoms with Gasteiger partial charge in [0.25, 0.3) is 0 Å². The van der Waals surface area contributed by atoms with Gasteiger partial charge in [-0.05, 0) is 24.6 Å². The molecule has 2 aromatic rings. The van der Waals surface area contributed by atoms with Gasteiger partial charge in [0, 0.05) is 11.5 Å². The Labute approximate surface area is 148 Å². The second-order valence-corrected chi connectivity index (χ2v) is 6.49. The molecule has 0 saturated carbocycles. The summed E-state index contributed by atoms with van der Waals surface area (Å²) in [6.45, 7) is 6.31. The molecule has 0 spiro atoms. The number of hydrogen-bond donors (Lipinski definition) is 3. The molecule has 0 unspecified atom stereocenters. The molecule has 1 aromatic heterocycles. The third-order valence-corrected chi connectivity index (χ3v) is 4.39. The quantitative estimate of drug-likeness (QED) is 0.722. The molecule has 25 heavy (non-hydrogen) atoms. The molecule has 0 bridgehead atoms. The third-order valence-electron chi connectivity index (χ3n) is 4.39. The van der Waals surface area contributed by atoms with E-state index in [1.807, 2.05) is 37.3 Å². The van der Waals surface area contributed by atoms with E-state index in [0.29, 0.717) is 5.76 Å². The fourth-order valence-corrected chi connectivity index (χ4v) is 2.39. The summed E-state index contributed by atoms with van der Waals surface area (Å²) in [4.78, 5) is 23.8. The van der Waals surface area contributed by atoms with Gasteiger partial charge in [-0.25, -0.2) is 4.79 Å². The van der Waals surface area contributed by atoms with Crippen molar-refractivity contribution in [3.05, 3.63) is 60.1 Å². The fraction of sp³-hybridized carbons (Fsp3) is 0.368. The monoisotopic (exact) mass is 343 g/mol. The smallest absolute Gasteiger partial charge is 0.315 e. The molecule has 6 heteroatoms. The first-order chi connectivity index (χ1) is 11.9. The van der Waals surface area contributed by atoms with Crippen molar-refractivity contribution in [1.82, 2.24) is 16.0 Å². The third kappa shape index (κ3) is 5.38. The van der Waals surface area contributed by atoms with Gasteiger partial charge in [-0.1, -0.05) is 44.2 Å². The lowest BCUT2D eigenvalue weighted by Gasteiger charge is -2.33. The van der Waals surface area contributed by atoms with E-state index < -0.39 is 6.03 Å². The first kappa shape index (κ1) is 18.6. The van der Waals surface area contributed by atoms with Gasteiger partial charge in [0.05, 0.1) is 19.4 Å². The molecule has 1 heterocycles. The van der Waals surface area contributed by atoms with Crippen molar-refractivity contribution in [3.8, 4) is 0 Å². The summed E-state index contributed by atoms with van der Waals surface area (Å²) in [5.74, 6) is 0.419. The summed E-state index contributed by atoms with van der Waals surface area (Å²) in [5.41, 5.74) is 0.922. The van der Waals surface area contributed by atoms with E-state index in [1.54, 1.807) is 12.1 Å². The van der Waals surface area contributed by atoms with Gasteiger partial charge >= 0.3 is 6.03 Å². The summed E-state index contributed by atoms with van der Waals surface area (Å²) < 4.78 is 5.12. The highest BCUT2D eigenvalue weighted by Gasteiger charge is 2.28. The van der Waals surface area contributed by atoms with E-state index in [2.05, 4.69) is 29.8 Å². The first-order valence-electron chi connectivity index (χ1n) is 8.28. The van der Waals surface area contributed by atoms with Crippen molar-refractivity contribution in [2.24, 2.45) is 0 Å². The van der Waals surface area contributed by atoms with E-state index in [4.69, 9.17) is 4.42 Å². The molecule has 3 amide bonds. The number of carbonyl (C=O) groups excluding carboxylic acids is 2. The van der Waals surface area contributed by atoms with E-state index in [0.717, 1.165) is 5.56 Å². The average Bonchev–Trinajstić information content (AvgIpc) is 3.12. The highest BCUT2D eigenvalue weighted by Crippen LogP contribution is 2.26. The van der Waals surface area contributed by atoms with Gasteiger partial charge < -0.3 is 20.4 Å². The minimum atomic E-state index is -0.415. The lowest BCUT2D eigenvalue weighted by atomic mass is 9.78. The van der Waals surface area contributed by atoms with Crippen LogP contribution in [0.2, 0.25) is 0 Å². The first-order valence-corrected chi connectivity index (χ1v) is 8.28. The molecule has 0 aliphatic carbocycles. The second-order valence-electron chi connectivity index (χ2n) is 6.49. The van der Waals surface area contributed by atoms with Gasteiger partial charge in [0.15, 0.2) is 0 Å². The number of urea groups is 1. The molecule has 1 aromatic carbocycles. The predicted octanol–water partition coefficient (Wildman–Crippen LogP) is 2.56. The zero-order valence-corrected chi connectivity index (χ0v) is 14.8. The minimum absolute atomic E-state index is 0.0841. The van der Waals surface area contributed by atoms with E-state index in [-0.39, 0.29) is 30.5 Å². The number of benzene rings is 1. The van der Waals surface area contributed by atoms with Crippen LogP contribution >= 0.6 is 0 Å². The molecule has 0 saturated heterocycles. The molecular formula is C19H25N3O3. The van der Waals surface area contributed by atoms with Gasteiger partial charge in [0.2, 0.25) is 5.91 Å². The lowest BCUT2D eigenvalue weighted by Crippen LogP contribution is -2.49. The Kier molecular flexibility index (Phi) is 6.22. The van der Waals surface area contributed by atoms with Crippen LogP contribution in [-0.2, 0) is 16.8 Å². The summed E-state index contributed by atoms with van der Waals surface area (Å²) in [5, 5.41) is 8.11. The zero-order valence-electron chi connectivity index (χ0n) is 14.8. The Morgan fingerprint density at radius 1 is 1.08 bits per heavy atom. The van der Waals surface area contributed by atoms with Crippen LogP contribution in [0.5, 0.6) is 0 Å². The number of hydrogen-bond acceptors (Lipinski definition) is 3. The molecule has 0 aliphatic heterocycles. The van der Waals surface area contributed by atoms with Crippen molar-refractivity contribution in [3.63, 3.8) is 0 Å². The second kappa shape index (κ2) is 8.37. The molecule has 1 atom stereocenters. The van der Waals surface area contributed by atoms with Gasteiger partial charge in [-0.2, -0.15) is 0 Å². The van der Waals surface area contributed by atoms with Crippen LogP contribution in [0.15, 0.2) is 53.1 Å². The molecule has 0 radical (unpaired) electrons. The average molecular weight is 343 g/mol.